The number of allylic oxidation sites excluding steroid dienone is 1. The number of carbonyl (C=O) groups is 1. The van der Waals surface area contributed by atoms with Crippen molar-refractivity contribution in [2.45, 2.75) is 6.92 Å². The highest BCUT2D eigenvalue weighted by molar-refractivity contribution is 6.11. The van der Waals surface area contributed by atoms with Crippen LogP contribution in [0.25, 0.3) is 0 Å². The van der Waals surface area contributed by atoms with Crippen LogP contribution in [0.15, 0.2) is 30.4 Å². The van der Waals surface area contributed by atoms with Crippen molar-refractivity contribution in [1.82, 2.24) is 0 Å². The third-order valence-electron chi connectivity index (χ3n) is 1.71. The zero-order chi connectivity index (χ0) is 10.0. The molecular weight excluding hydrogens is 164 g/mol. The van der Waals surface area contributed by atoms with Gasteiger partial charge in [-0.05, 0) is 30.7 Å². The lowest BCUT2D eigenvalue weighted by molar-refractivity contribution is 0.103. The van der Waals surface area contributed by atoms with Gasteiger partial charge in [-0.3, -0.25) is 4.79 Å². The Kier molecular flexibility index (Phi) is 2.37. The van der Waals surface area contributed by atoms with E-state index in [0.717, 1.165) is 0 Å². The molecule has 0 atom stereocenters. The fourth-order valence-corrected chi connectivity index (χ4v) is 1.00. The van der Waals surface area contributed by atoms with Gasteiger partial charge in [0.2, 0.25) is 0 Å². The summed E-state index contributed by atoms with van der Waals surface area (Å²) in [7, 11) is 0. The molecule has 0 radical (unpaired) electrons. The fraction of sp³-hybridized carbons (Fsp3) is 0.100. The van der Waals surface area contributed by atoms with E-state index in [4.69, 9.17) is 11.5 Å². The minimum atomic E-state index is -0.162. The van der Waals surface area contributed by atoms with Crippen molar-refractivity contribution in [3.05, 3.63) is 35.9 Å². The summed E-state index contributed by atoms with van der Waals surface area (Å²) in [6.45, 7) is 5.20. The van der Waals surface area contributed by atoms with Gasteiger partial charge in [-0.25, -0.2) is 0 Å². The smallest absolute Gasteiger partial charge is 0.190 e. The van der Waals surface area contributed by atoms with Gasteiger partial charge in [0.1, 0.15) is 0 Å². The summed E-state index contributed by atoms with van der Waals surface area (Å²) in [5.41, 5.74) is 13.0. The van der Waals surface area contributed by atoms with Crippen molar-refractivity contribution in [3.63, 3.8) is 0 Å². The number of nitrogen functional groups attached to an aromatic ring is 2. The highest BCUT2D eigenvalue weighted by atomic mass is 16.1. The minimum absolute atomic E-state index is 0.162. The van der Waals surface area contributed by atoms with Crippen LogP contribution in [0.4, 0.5) is 11.4 Å². The van der Waals surface area contributed by atoms with Crippen molar-refractivity contribution < 1.29 is 4.79 Å². The zero-order valence-corrected chi connectivity index (χ0v) is 7.50. The molecule has 0 aromatic heterocycles. The first kappa shape index (κ1) is 9.32. The van der Waals surface area contributed by atoms with Crippen molar-refractivity contribution in [2.24, 2.45) is 0 Å². The van der Waals surface area contributed by atoms with Gasteiger partial charge in [0.15, 0.2) is 5.78 Å². The van der Waals surface area contributed by atoms with Crippen molar-refractivity contribution in [1.29, 1.82) is 0 Å². The first-order valence-electron chi connectivity index (χ1n) is 3.87. The molecule has 4 N–H and O–H groups in total. The monoisotopic (exact) mass is 176 g/mol. The second-order valence-corrected chi connectivity index (χ2v) is 2.96. The maximum Gasteiger partial charge on any atom is 0.190 e. The second kappa shape index (κ2) is 3.31. The van der Waals surface area contributed by atoms with Crippen LogP contribution in [0, 0.1) is 0 Å². The fourth-order valence-electron chi connectivity index (χ4n) is 1.00. The molecule has 68 valence electrons. The summed E-state index contributed by atoms with van der Waals surface area (Å²) in [4.78, 5) is 11.5. The van der Waals surface area contributed by atoms with Crippen LogP contribution in [0.1, 0.15) is 17.3 Å². The number of hydrogen-bond donors (Lipinski definition) is 2. The molecule has 0 amide bonds. The van der Waals surface area contributed by atoms with E-state index in [1.165, 1.54) is 0 Å². The van der Waals surface area contributed by atoms with Crippen molar-refractivity contribution in [2.75, 3.05) is 11.5 Å². The van der Waals surface area contributed by atoms with Crippen LogP contribution < -0.4 is 11.5 Å². The summed E-state index contributed by atoms with van der Waals surface area (Å²) in [6.07, 6.45) is 0. The SMILES string of the molecule is C=C(C)C(=O)c1cc(N)ccc1N. The van der Waals surface area contributed by atoms with Gasteiger partial charge < -0.3 is 11.5 Å². The van der Waals surface area contributed by atoms with E-state index in [-0.39, 0.29) is 5.78 Å². The zero-order valence-electron chi connectivity index (χ0n) is 7.50. The Balaban J connectivity index is 3.21. The van der Waals surface area contributed by atoms with Crippen LogP contribution >= 0.6 is 0 Å². The van der Waals surface area contributed by atoms with Crippen LogP contribution in [0.5, 0.6) is 0 Å². The van der Waals surface area contributed by atoms with Gasteiger partial charge >= 0.3 is 0 Å². The molecule has 0 aliphatic heterocycles. The van der Waals surface area contributed by atoms with Crippen molar-refractivity contribution >= 4 is 17.2 Å². The quantitative estimate of drug-likeness (QED) is 0.408. The molecule has 1 rings (SSSR count). The molecule has 0 fully saturated rings. The lowest BCUT2D eigenvalue weighted by atomic mass is 10.0. The van der Waals surface area contributed by atoms with Gasteiger partial charge in [-0.1, -0.05) is 6.58 Å². The highest BCUT2D eigenvalue weighted by Crippen LogP contribution is 2.18. The van der Waals surface area contributed by atoms with E-state index in [2.05, 4.69) is 6.58 Å². The number of Topliss-reactive ketones (excluding diaryl/α,β-unsaturated/α-hetero) is 1. The molecule has 0 aliphatic carbocycles. The average Bonchev–Trinajstić information content (AvgIpc) is 2.08. The number of rotatable bonds is 2. The predicted octanol–water partition coefficient (Wildman–Crippen LogP) is 1.61. The Morgan fingerprint density at radius 2 is 2.00 bits per heavy atom. The molecule has 1 aromatic rings. The van der Waals surface area contributed by atoms with Crippen molar-refractivity contribution in [3.8, 4) is 0 Å². The number of anilines is 2. The van der Waals surface area contributed by atoms with Gasteiger partial charge in [0, 0.05) is 16.9 Å². The third kappa shape index (κ3) is 1.87. The summed E-state index contributed by atoms with van der Waals surface area (Å²) >= 11 is 0. The van der Waals surface area contributed by atoms with E-state index < -0.39 is 0 Å². The normalized spacial score (nSPS) is 9.62. The second-order valence-electron chi connectivity index (χ2n) is 2.96. The number of nitrogens with two attached hydrogens (primary N) is 2. The van der Waals surface area contributed by atoms with Crippen LogP contribution in [0.3, 0.4) is 0 Å². The Morgan fingerprint density at radius 1 is 1.38 bits per heavy atom. The molecule has 0 unspecified atom stereocenters. The first-order chi connectivity index (χ1) is 6.02. The molecule has 0 saturated carbocycles. The van der Waals surface area contributed by atoms with E-state index in [1.54, 1.807) is 25.1 Å². The molecule has 0 saturated heterocycles. The maximum absolute atomic E-state index is 11.5. The molecule has 0 heterocycles. The highest BCUT2D eigenvalue weighted by Gasteiger charge is 2.09. The Labute approximate surface area is 77.0 Å². The van der Waals surface area contributed by atoms with Gasteiger partial charge in [0.05, 0.1) is 0 Å². The van der Waals surface area contributed by atoms with E-state index in [0.29, 0.717) is 22.5 Å². The lowest BCUT2D eigenvalue weighted by Crippen LogP contribution is -2.05. The van der Waals surface area contributed by atoms with Crippen LogP contribution in [-0.4, -0.2) is 5.78 Å². The molecule has 3 nitrogen and oxygen atoms in total. The lowest BCUT2D eigenvalue weighted by Gasteiger charge is -2.04. The summed E-state index contributed by atoms with van der Waals surface area (Å²) < 4.78 is 0. The topological polar surface area (TPSA) is 69.1 Å². The largest absolute Gasteiger partial charge is 0.399 e. The Bertz CT molecular complexity index is 369. The number of ketones is 1. The number of carbonyl (C=O) groups excluding carboxylic acids is 1. The Hall–Kier alpha value is -1.77. The average molecular weight is 176 g/mol. The molecule has 0 bridgehead atoms. The summed E-state index contributed by atoms with van der Waals surface area (Å²) in [5, 5.41) is 0. The standard InChI is InChI=1S/C10H12N2O/c1-6(2)10(13)8-5-7(11)3-4-9(8)12/h3-5H,1,11-12H2,2H3. The van der Waals surface area contributed by atoms with E-state index in [9.17, 15) is 4.79 Å². The maximum atomic E-state index is 11.5. The molecule has 0 spiro atoms. The third-order valence-corrected chi connectivity index (χ3v) is 1.71. The predicted molar refractivity (Wildman–Crippen MR) is 54.4 cm³/mol. The first-order valence-corrected chi connectivity index (χ1v) is 3.87. The van der Waals surface area contributed by atoms with Gasteiger partial charge in [-0.15, -0.1) is 0 Å². The van der Waals surface area contributed by atoms with Gasteiger partial charge in [0.25, 0.3) is 0 Å². The van der Waals surface area contributed by atoms with E-state index in [1.807, 2.05) is 0 Å². The van der Waals surface area contributed by atoms with E-state index >= 15 is 0 Å². The molecule has 0 aliphatic rings. The Morgan fingerprint density at radius 3 is 2.54 bits per heavy atom. The molecule has 13 heavy (non-hydrogen) atoms. The van der Waals surface area contributed by atoms with Gasteiger partial charge in [-0.2, -0.15) is 0 Å². The molecule has 1 aromatic carbocycles. The molecule has 3 heteroatoms. The summed E-state index contributed by atoms with van der Waals surface area (Å²) in [6, 6.07) is 4.84. The summed E-state index contributed by atoms with van der Waals surface area (Å²) in [5.74, 6) is -0.162. The number of benzene rings is 1. The van der Waals surface area contributed by atoms with Crippen LogP contribution in [-0.2, 0) is 0 Å². The van der Waals surface area contributed by atoms with Crippen LogP contribution in [0.2, 0.25) is 0 Å². The molecular formula is C10H12N2O. The minimum Gasteiger partial charge on any atom is -0.399 e. The number of hydrogen-bond acceptors (Lipinski definition) is 3.